The second-order valence-corrected chi connectivity index (χ2v) is 6.59. The van der Waals surface area contributed by atoms with Crippen LogP contribution >= 0.6 is 0 Å². The van der Waals surface area contributed by atoms with Crippen molar-refractivity contribution in [2.75, 3.05) is 10.6 Å². The minimum atomic E-state index is -0.421. The van der Waals surface area contributed by atoms with E-state index in [-0.39, 0.29) is 23.2 Å². The van der Waals surface area contributed by atoms with Crippen LogP contribution in [0.2, 0.25) is 0 Å². The summed E-state index contributed by atoms with van der Waals surface area (Å²) in [5.41, 5.74) is 2.58. The van der Waals surface area contributed by atoms with E-state index in [9.17, 15) is 14.0 Å². The third-order valence-corrected chi connectivity index (χ3v) is 4.44. The van der Waals surface area contributed by atoms with E-state index in [1.807, 2.05) is 6.92 Å². The number of furan rings is 2. The van der Waals surface area contributed by atoms with Crippen LogP contribution in [0.4, 0.5) is 15.8 Å². The lowest BCUT2D eigenvalue weighted by molar-refractivity contribution is 0.0989. The largest absolute Gasteiger partial charge is 0.459 e. The van der Waals surface area contributed by atoms with Crippen molar-refractivity contribution < 1.29 is 22.8 Å². The highest BCUT2D eigenvalue weighted by Crippen LogP contribution is 2.24. The number of carbonyl (C=O) groups excluding carboxylic acids is 2. The van der Waals surface area contributed by atoms with Crippen molar-refractivity contribution in [3.05, 3.63) is 95.9 Å². The predicted octanol–water partition coefficient (Wildman–Crippen LogP) is 5.49. The van der Waals surface area contributed by atoms with Crippen LogP contribution in [-0.4, -0.2) is 11.8 Å². The van der Waals surface area contributed by atoms with E-state index in [1.54, 1.807) is 54.6 Å². The molecule has 0 fully saturated rings. The summed E-state index contributed by atoms with van der Waals surface area (Å²) >= 11 is 0. The molecule has 4 rings (SSSR count). The lowest BCUT2D eigenvalue weighted by Crippen LogP contribution is -2.13. The lowest BCUT2D eigenvalue weighted by Gasteiger charge is -2.10. The van der Waals surface area contributed by atoms with Crippen LogP contribution in [0.3, 0.4) is 0 Å². The Morgan fingerprint density at radius 3 is 2.33 bits per heavy atom. The first-order valence-corrected chi connectivity index (χ1v) is 9.12. The molecule has 2 aromatic heterocycles. The Labute approximate surface area is 171 Å². The molecule has 4 aromatic rings. The quantitative estimate of drug-likeness (QED) is 0.461. The molecule has 2 amide bonds. The molecule has 0 saturated carbocycles. The third-order valence-electron chi connectivity index (χ3n) is 4.44. The van der Waals surface area contributed by atoms with Gasteiger partial charge in [0.15, 0.2) is 11.5 Å². The van der Waals surface area contributed by atoms with Crippen LogP contribution < -0.4 is 10.6 Å². The maximum atomic E-state index is 13.1. The first-order chi connectivity index (χ1) is 14.5. The van der Waals surface area contributed by atoms with Crippen molar-refractivity contribution in [1.29, 1.82) is 0 Å². The first kappa shape index (κ1) is 19.2. The molecule has 0 saturated heterocycles. The molecule has 0 aliphatic rings. The van der Waals surface area contributed by atoms with Gasteiger partial charge in [-0.25, -0.2) is 4.39 Å². The number of halogens is 1. The summed E-state index contributed by atoms with van der Waals surface area (Å²) in [4.78, 5) is 24.6. The number of amides is 2. The van der Waals surface area contributed by atoms with Crippen molar-refractivity contribution in [3.8, 4) is 11.3 Å². The van der Waals surface area contributed by atoms with Gasteiger partial charge in [0, 0.05) is 16.9 Å². The van der Waals surface area contributed by atoms with Crippen molar-refractivity contribution >= 4 is 23.2 Å². The number of nitrogens with one attached hydrogen (secondary N) is 2. The van der Waals surface area contributed by atoms with Crippen molar-refractivity contribution in [3.63, 3.8) is 0 Å². The molecule has 0 atom stereocenters. The van der Waals surface area contributed by atoms with Gasteiger partial charge in [-0.1, -0.05) is 0 Å². The van der Waals surface area contributed by atoms with E-state index < -0.39 is 5.91 Å². The van der Waals surface area contributed by atoms with Crippen LogP contribution in [0.1, 0.15) is 26.7 Å². The van der Waals surface area contributed by atoms with Crippen molar-refractivity contribution in [1.82, 2.24) is 0 Å². The number of hydrogen-bond acceptors (Lipinski definition) is 4. The molecular formula is C23H17FN2O4. The molecule has 0 unspecified atom stereocenters. The first-order valence-electron chi connectivity index (χ1n) is 9.12. The van der Waals surface area contributed by atoms with Crippen LogP contribution in [0.25, 0.3) is 11.3 Å². The van der Waals surface area contributed by atoms with Crippen LogP contribution in [0.15, 0.2) is 81.8 Å². The summed E-state index contributed by atoms with van der Waals surface area (Å²) in [6.07, 6.45) is 1.43. The van der Waals surface area contributed by atoms with Gasteiger partial charge in [-0.2, -0.15) is 0 Å². The Morgan fingerprint density at radius 2 is 1.63 bits per heavy atom. The van der Waals surface area contributed by atoms with Gasteiger partial charge in [0.2, 0.25) is 0 Å². The zero-order chi connectivity index (χ0) is 21.1. The average molecular weight is 404 g/mol. The summed E-state index contributed by atoms with van der Waals surface area (Å²) in [7, 11) is 0. The van der Waals surface area contributed by atoms with E-state index in [0.29, 0.717) is 22.7 Å². The maximum Gasteiger partial charge on any atom is 0.291 e. The Hall–Kier alpha value is -4.13. The van der Waals surface area contributed by atoms with Crippen LogP contribution in [-0.2, 0) is 0 Å². The topological polar surface area (TPSA) is 84.5 Å². The van der Waals surface area contributed by atoms with Gasteiger partial charge in [0.1, 0.15) is 11.6 Å². The Kier molecular flexibility index (Phi) is 5.17. The Bertz CT molecular complexity index is 1190. The molecule has 0 spiro atoms. The zero-order valence-corrected chi connectivity index (χ0v) is 15.9. The highest BCUT2D eigenvalue weighted by atomic mass is 19.1. The molecule has 2 heterocycles. The number of anilines is 2. The zero-order valence-electron chi connectivity index (χ0n) is 15.9. The number of carbonyl (C=O) groups is 2. The van der Waals surface area contributed by atoms with Crippen molar-refractivity contribution in [2.45, 2.75) is 6.92 Å². The summed E-state index contributed by atoms with van der Waals surface area (Å²) in [5, 5.41) is 5.52. The smallest absolute Gasteiger partial charge is 0.291 e. The van der Waals surface area contributed by atoms with E-state index in [2.05, 4.69) is 10.6 Å². The molecule has 150 valence electrons. The second kappa shape index (κ2) is 8.08. The van der Waals surface area contributed by atoms with Gasteiger partial charge in [-0.05, 0) is 79.2 Å². The van der Waals surface area contributed by atoms with Gasteiger partial charge in [-0.15, -0.1) is 0 Å². The van der Waals surface area contributed by atoms with Gasteiger partial charge in [0.05, 0.1) is 6.26 Å². The van der Waals surface area contributed by atoms with Gasteiger partial charge < -0.3 is 19.5 Å². The molecule has 30 heavy (non-hydrogen) atoms. The summed E-state index contributed by atoms with van der Waals surface area (Å²) < 4.78 is 23.7. The van der Waals surface area contributed by atoms with Crippen molar-refractivity contribution in [2.24, 2.45) is 0 Å². The molecule has 0 radical (unpaired) electrons. The molecule has 0 bridgehead atoms. The minimum absolute atomic E-state index is 0.127. The van der Waals surface area contributed by atoms with Crippen LogP contribution in [0.5, 0.6) is 0 Å². The molecule has 6 nitrogen and oxygen atoms in total. The SMILES string of the molecule is Cc1cc(NC(=O)c2ccc(-c3ccc(F)cc3)o2)ccc1NC(=O)c1ccco1. The monoisotopic (exact) mass is 404 g/mol. The summed E-state index contributed by atoms with van der Waals surface area (Å²) in [6.45, 7) is 1.81. The van der Waals surface area contributed by atoms with E-state index in [1.165, 1.54) is 18.4 Å². The number of aryl methyl sites for hydroxylation is 1. The highest BCUT2D eigenvalue weighted by molar-refractivity contribution is 6.04. The average Bonchev–Trinajstić information content (AvgIpc) is 3.43. The Morgan fingerprint density at radius 1 is 0.867 bits per heavy atom. The van der Waals surface area contributed by atoms with Gasteiger partial charge in [-0.3, -0.25) is 9.59 Å². The Balaban J connectivity index is 1.44. The standard InChI is InChI=1S/C23H17FN2O4/c1-14-13-17(8-9-18(14)26-22(27)20-3-2-12-29-20)25-23(28)21-11-10-19(30-21)15-4-6-16(24)7-5-15/h2-13H,1H3,(H,25,28)(H,26,27). The molecule has 7 heteroatoms. The summed E-state index contributed by atoms with van der Waals surface area (Å²) in [6, 6.07) is 17.3. The molecular weight excluding hydrogens is 387 g/mol. The van der Waals surface area contributed by atoms with Gasteiger partial charge >= 0.3 is 0 Å². The molecule has 2 N–H and O–H groups in total. The number of rotatable bonds is 5. The molecule has 2 aromatic carbocycles. The fourth-order valence-corrected chi connectivity index (χ4v) is 2.90. The maximum absolute atomic E-state index is 13.1. The normalized spacial score (nSPS) is 10.6. The predicted molar refractivity (Wildman–Crippen MR) is 110 cm³/mol. The van der Waals surface area contributed by atoms with E-state index >= 15 is 0 Å². The number of hydrogen-bond donors (Lipinski definition) is 2. The summed E-state index contributed by atoms with van der Waals surface area (Å²) in [5.74, 6) is -0.322. The highest BCUT2D eigenvalue weighted by Gasteiger charge is 2.14. The fraction of sp³-hybridized carbons (Fsp3) is 0.0435. The third kappa shape index (κ3) is 4.15. The van der Waals surface area contributed by atoms with Gasteiger partial charge in [0.25, 0.3) is 11.8 Å². The minimum Gasteiger partial charge on any atom is -0.459 e. The van der Waals surface area contributed by atoms with E-state index in [4.69, 9.17) is 8.83 Å². The molecule has 0 aliphatic carbocycles. The molecule has 0 aliphatic heterocycles. The lowest BCUT2D eigenvalue weighted by atomic mass is 10.1. The fourth-order valence-electron chi connectivity index (χ4n) is 2.90. The second-order valence-electron chi connectivity index (χ2n) is 6.59. The van der Waals surface area contributed by atoms with E-state index in [0.717, 1.165) is 5.56 Å². The number of benzene rings is 2. The van der Waals surface area contributed by atoms with Crippen LogP contribution in [0, 0.1) is 12.7 Å².